The second kappa shape index (κ2) is 5.23. The summed E-state index contributed by atoms with van der Waals surface area (Å²) in [6.07, 6.45) is 3.37. The number of hydrogen-bond donors (Lipinski definition) is 1. The van der Waals surface area contributed by atoms with Crippen molar-refractivity contribution in [3.05, 3.63) is 65.5 Å². The molecule has 0 spiro atoms. The fourth-order valence-electron chi connectivity index (χ4n) is 1.70. The number of carboxylic acids is 1. The van der Waals surface area contributed by atoms with Crippen molar-refractivity contribution in [1.29, 1.82) is 0 Å². The van der Waals surface area contributed by atoms with Crippen molar-refractivity contribution in [1.82, 2.24) is 4.98 Å². The van der Waals surface area contributed by atoms with Crippen LogP contribution in [0.1, 0.15) is 26.3 Å². The Kier molecular flexibility index (Phi) is 3.48. The largest absolute Gasteiger partial charge is 0.478 e. The average molecular weight is 241 g/mol. The van der Waals surface area contributed by atoms with Crippen LogP contribution in [-0.2, 0) is 6.42 Å². The Bertz CT molecular complexity index is 579. The van der Waals surface area contributed by atoms with Crippen LogP contribution < -0.4 is 0 Å². The molecule has 0 unspecified atom stereocenters. The molecule has 0 radical (unpaired) electrons. The van der Waals surface area contributed by atoms with Gasteiger partial charge in [-0.25, -0.2) is 4.79 Å². The van der Waals surface area contributed by atoms with Gasteiger partial charge in [0.05, 0.1) is 5.56 Å². The van der Waals surface area contributed by atoms with Crippen LogP contribution in [0, 0.1) is 0 Å². The van der Waals surface area contributed by atoms with Crippen LogP contribution in [0.3, 0.4) is 0 Å². The molecule has 90 valence electrons. The fraction of sp³-hybridized carbons (Fsp3) is 0.0714. The highest BCUT2D eigenvalue weighted by atomic mass is 16.4. The van der Waals surface area contributed by atoms with Crippen LogP contribution in [-0.4, -0.2) is 21.8 Å². The van der Waals surface area contributed by atoms with Crippen molar-refractivity contribution in [3.63, 3.8) is 0 Å². The van der Waals surface area contributed by atoms with Gasteiger partial charge in [0, 0.05) is 24.4 Å². The maximum Gasteiger partial charge on any atom is 0.336 e. The van der Waals surface area contributed by atoms with Crippen LogP contribution in [0.4, 0.5) is 0 Å². The number of carbonyl (C=O) groups is 2. The zero-order valence-corrected chi connectivity index (χ0v) is 9.54. The van der Waals surface area contributed by atoms with E-state index in [9.17, 15) is 9.59 Å². The summed E-state index contributed by atoms with van der Waals surface area (Å²) in [7, 11) is 0. The highest BCUT2D eigenvalue weighted by Crippen LogP contribution is 2.12. The second-order valence-electron chi connectivity index (χ2n) is 3.81. The number of nitrogens with zero attached hydrogens (tertiary/aromatic N) is 1. The Labute approximate surface area is 104 Å². The maximum atomic E-state index is 12.0. The summed E-state index contributed by atoms with van der Waals surface area (Å²) in [4.78, 5) is 27.0. The molecule has 1 N–H and O–H groups in total. The minimum atomic E-state index is -1.09. The van der Waals surface area contributed by atoms with Crippen molar-refractivity contribution in [3.8, 4) is 0 Å². The first kappa shape index (κ1) is 12.0. The SMILES string of the molecule is O=C(O)c1ccccc1C(=O)Cc1cccnc1. The lowest BCUT2D eigenvalue weighted by atomic mass is 9.99. The Morgan fingerprint density at radius 2 is 1.78 bits per heavy atom. The molecular formula is C14H11NO3. The lowest BCUT2D eigenvalue weighted by Gasteiger charge is -2.04. The van der Waals surface area contributed by atoms with E-state index in [-0.39, 0.29) is 23.3 Å². The Morgan fingerprint density at radius 1 is 1.06 bits per heavy atom. The molecule has 2 rings (SSSR count). The topological polar surface area (TPSA) is 67.3 Å². The van der Waals surface area contributed by atoms with Gasteiger partial charge in [-0.15, -0.1) is 0 Å². The number of aromatic carboxylic acids is 1. The molecular weight excluding hydrogens is 230 g/mol. The predicted molar refractivity (Wildman–Crippen MR) is 65.7 cm³/mol. The molecule has 0 atom stereocenters. The Morgan fingerprint density at radius 3 is 2.39 bits per heavy atom. The first-order chi connectivity index (χ1) is 8.68. The molecule has 1 aromatic heterocycles. The molecule has 0 aliphatic rings. The van der Waals surface area contributed by atoms with Crippen molar-refractivity contribution in [2.45, 2.75) is 6.42 Å². The van der Waals surface area contributed by atoms with Crippen LogP contribution in [0.5, 0.6) is 0 Å². The summed E-state index contributed by atoms with van der Waals surface area (Å²) in [6.45, 7) is 0. The molecule has 1 aromatic carbocycles. The first-order valence-corrected chi connectivity index (χ1v) is 5.43. The third-order valence-electron chi connectivity index (χ3n) is 2.55. The number of carboxylic acid groups (broad SMARTS) is 1. The van der Waals surface area contributed by atoms with Gasteiger partial charge in [0.25, 0.3) is 0 Å². The van der Waals surface area contributed by atoms with E-state index in [1.54, 1.807) is 36.7 Å². The normalized spacial score (nSPS) is 10.0. The molecule has 18 heavy (non-hydrogen) atoms. The van der Waals surface area contributed by atoms with Crippen LogP contribution in [0.2, 0.25) is 0 Å². The number of Topliss-reactive ketones (excluding diaryl/α,β-unsaturated/α-hetero) is 1. The average Bonchev–Trinajstić information content (AvgIpc) is 2.40. The van der Waals surface area contributed by atoms with Gasteiger partial charge < -0.3 is 5.11 Å². The number of hydrogen-bond acceptors (Lipinski definition) is 3. The minimum Gasteiger partial charge on any atom is -0.478 e. The molecule has 0 fully saturated rings. The zero-order valence-electron chi connectivity index (χ0n) is 9.54. The molecule has 4 heteroatoms. The van der Waals surface area contributed by atoms with Gasteiger partial charge in [-0.05, 0) is 17.7 Å². The van der Waals surface area contributed by atoms with E-state index in [0.29, 0.717) is 0 Å². The molecule has 0 amide bonds. The van der Waals surface area contributed by atoms with E-state index < -0.39 is 5.97 Å². The van der Waals surface area contributed by atoms with E-state index in [1.807, 2.05) is 0 Å². The Balaban J connectivity index is 2.27. The van der Waals surface area contributed by atoms with E-state index in [0.717, 1.165) is 5.56 Å². The summed E-state index contributed by atoms with van der Waals surface area (Å²) in [5.74, 6) is -1.31. The highest BCUT2D eigenvalue weighted by Gasteiger charge is 2.15. The second-order valence-corrected chi connectivity index (χ2v) is 3.81. The van der Waals surface area contributed by atoms with Crippen LogP contribution in [0.15, 0.2) is 48.8 Å². The summed E-state index contributed by atoms with van der Waals surface area (Å²) >= 11 is 0. The fourth-order valence-corrected chi connectivity index (χ4v) is 1.70. The number of benzene rings is 1. The van der Waals surface area contributed by atoms with Gasteiger partial charge in [0.1, 0.15) is 0 Å². The summed E-state index contributed by atoms with van der Waals surface area (Å²) in [5.41, 5.74) is 1.03. The van der Waals surface area contributed by atoms with Crippen molar-refractivity contribution in [2.75, 3.05) is 0 Å². The molecule has 0 saturated heterocycles. The monoisotopic (exact) mass is 241 g/mol. The van der Waals surface area contributed by atoms with E-state index in [2.05, 4.69) is 4.98 Å². The van der Waals surface area contributed by atoms with Crippen LogP contribution in [0.25, 0.3) is 0 Å². The van der Waals surface area contributed by atoms with Crippen molar-refractivity contribution in [2.24, 2.45) is 0 Å². The lowest BCUT2D eigenvalue weighted by molar-refractivity contribution is 0.0692. The van der Waals surface area contributed by atoms with Crippen molar-refractivity contribution >= 4 is 11.8 Å². The standard InChI is InChI=1S/C14H11NO3/c16-13(8-10-4-3-7-15-9-10)11-5-1-2-6-12(11)14(17)18/h1-7,9H,8H2,(H,17,18). The molecule has 4 nitrogen and oxygen atoms in total. The number of rotatable bonds is 4. The third-order valence-corrected chi connectivity index (χ3v) is 2.55. The van der Waals surface area contributed by atoms with E-state index in [4.69, 9.17) is 5.11 Å². The molecule has 1 heterocycles. The van der Waals surface area contributed by atoms with Gasteiger partial charge in [-0.1, -0.05) is 24.3 Å². The molecule has 2 aromatic rings. The highest BCUT2D eigenvalue weighted by molar-refractivity contribution is 6.06. The maximum absolute atomic E-state index is 12.0. The first-order valence-electron chi connectivity index (χ1n) is 5.43. The molecule has 0 saturated carbocycles. The number of carbonyl (C=O) groups excluding carboxylic acids is 1. The summed E-state index contributed by atoms with van der Waals surface area (Å²) < 4.78 is 0. The van der Waals surface area contributed by atoms with Gasteiger partial charge in [-0.2, -0.15) is 0 Å². The van der Waals surface area contributed by atoms with E-state index in [1.165, 1.54) is 12.1 Å². The number of pyridine rings is 1. The van der Waals surface area contributed by atoms with Gasteiger partial charge >= 0.3 is 5.97 Å². The van der Waals surface area contributed by atoms with Gasteiger partial charge in [0.15, 0.2) is 5.78 Å². The quantitative estimate of drug-likeness (QED) is 0.833. The molecule has 0 aliphatic heterocycles. The summed E-state index contributed by atoms with van der Waals surface area (Å²) in [6, 6.07) is 9.74. The molecule has 0 bridgehead atoms. The smallest absolute Gasteiger partial charge is 0.336 e. The minimum absolute atomic E-state index is 0.0337. The van der Waals surface area contributed by atoms with Gasteiger partial charge in [0.2, 0.25) is 0 Å². The third kappa shape index (κ3) is 2.60. The predicted octanol–water partition coefficient (Wildman–Crippen LogP) is 2.21. The van der Waals surface area contributed by atoms with E-state index >= 15 is 0 Å². The summed E-state index contributed by atoms with van der Waals surface area (Å²) in [5, 5.41) is 9.02. The number of aromatic nitrogens is 1. The number of ketones is 1. The van der Waals surface area contributed by atoms with Gasteiger partial charge in [-0.3, -0.25) is 9.78 Å². The zero-order chi connectivity index (χ0) is 13.0. The van der Waals surface area contributed by atoms with Crippen molar-refractivity contribution < 1.29 is 14.7 Å². The lowest BCUT2D eigenvalue weighted by Crippen LogP contribution is -2.10. The molecule has 0 aliphatic carbocycles. The Hall–Kier alpha value is -2.49. The van der Waals surface area contributed by atoms with Crippen LogP contribution >= 0.6 is 0 Å².